The third kappa shape index (κ3) is 3.55. The molecule has 0 bridgehead atoms. The van der Waals surface area contributed by atoms with Crippen molar-refractivity contribution in [2.45, 2.75) is 25.6 Å². The smallest absolute Gasteiger partial charge is 0.322 e. The summed E-state index contributed by atoms with van der Waals surface area (Å²) < 4.78 is 25.2. The number of carbonyl (C=O) groups is 1. The highest BCUT2D eigenvalue weighted by Gasteiger charge is 2.34. The zero-order valence-electron chi connectivity index (χ0n) is 9.78. The van der Waals surface area contributed by atoms with Crippen molar-refractivity contribution >= 4 is 15.8 Å². The number of carboxylic acid groups (broad SMARTS) is 1. The predicted molar refractivity (Wildman–Crippen MR) is 62.3 cm³/mol. The first-order valence-corrected chi connectivity index (χ1v) is 6.98. The van der Waals surface area contributed by atoms with Gasteiger partial charge in [0.15, 0.2) is 15.1 Å². The summed E-state index contributed by atoms with van der Waals surface area (Å²) in [6, 6.07) is 1.68. The number of aryl methyl sites for hydroxylation is 1. The molecule has 0 fully saturated rings. The molecule has 0 aromatic carbocycles. The third-order valence-electron chi connectivity index (χ3n) is 2.40. The van der Waals surface area contributed by atoms with Crippen LogP contribution in [0.2, 0.25) is 0 Å². The molecule has 0 saturated heterocycles. The minimum absolute atomic E-state index is 0.172. The van der Waals surface area contributed by atoms with Crippen molar-refractivity contribution in [1.82, 2.24) is 9.78 Å². The molecule has 0 amide bonds. The van der Waals surface area contributed by atoms with Crippen molar-refractivity contribution in [3.63, 3.8) is 0 Å². The van der Waals surface area contributed by atoms with E-state index in [0.717, 1.165) is 0 Å². The Morgan fingerprint density at radius 2 is 2.12 bits per heavy atom. The summed E-state index contributed by atoms with van der Waals surface area (Å²) in [4.78, 5) is 10.9. The highest BCUT2D eigenvalue weighted by molar-refractivity contribution is 7.92. The molecule has 7 heteroatoms. The molecular formula is C10H16N2O4S. The third-order valence-corrected chi connectivity index (χ3v) is 4.67. The first kappa shape index (κ1) is 13.7. The Hall–Kier alpha value is -1.37. The SMILES string of the molecule is CC(C)C(C(=O)O)S(=O)(=O)CCn1cccn1. The van der Waals surface area contributed by atoms with Crippen LogP contribution in [-0.4, -0.2) is 40.3 Å². The maximum absolute atomic E-state index is 11.9. The summed E-state index contributed by atoms with van der Waals surface area (Å²) in [6.07, 6.45) is 3.18. The van der Waals surface area contributed by atoms with E-state index in [0.29, 0.717) is 0 Å². The quantitative estimate of drug-likeness (QED) is 0.800. The van der Waals surface area contributed by atoms with Crippen LogP contribution in [0.3, 0.4) is 0 Å². The molecule has 1 unspecified atom stereocenters. The van der Waals surface area contributed by atoms with E-state index in [-0.39, 0.29) is 12.3 Å². The maximum atomic E-state index is 11.9. The Labute approximate surface area is 100 Å². The Kier molecular flexibility index (Phi) is 4.28. The number of rotatable bonds is 6. The van der Waals surface area contributed by atoms with E-state index in [2.05, 4.69) is 5.10 Å². The molecule has 1 atom stereocenters. The van der Waals surface area contributed by atoms with E-state index < -0.39 is 27.0 Å². The summed E-state index contributed by atoms with van der Waals surface area (Å²) in [5.41, 5.74) is 0. The van der Waals surface area contributed by atoms with Gasteiger partial charge >= 0.3 is 5.97 Å². The molecule has 0 aliphatic heterocycles. The predicted octanol–water partition coefficient (Wildman–Crippen LogP) is 0.407. The summed E-state index contributed by atoms with van der Waals surface area (Å²) in [7, 11) is -3.66. The summed E-state index contributed by atoms with van der Waals surface area (Å²) in [5, 5.41) is 11.5. The van der Waals surface area contributed by atoms with Gasteiger partial charge < -0.3 is 5.11 Å². The van der Waals surface area contributed by atoms with Gasteiger partial charge in [0.2, 0.25) is 0 Å². The van der Waals surface area contributed by atoms with Crippen LogP contribution in [-0.2, 0) is 21.2 Å². The van der Waals surface area contributed by atoms with Crippen molar-refractivity contribution in [3.8, 4) is 0 Å². The first-order valence-electron chi connectivity index (χ1n) is 5.26. The normalized spacial score (nSPS) is 13.8. The number of nitrogens with zero attached hydrogens (tertiary/aromatic N) is 2. The second-order valence-electron chi connectivity index (χ2n) is 4.14. The zero-order valence-corrected chi connectivity index (χ0v) is 10.6. The largest absolute Gasteiger partial charge is 0.480 e. The number of aromatic nitrogens is 2. The minimum atomic E-state index is -3.66. The molecule has 1 aromatic heterocycles. The maximum Gasteiger partial charge on any atom is 0.322 e. The van der Waals surface area contributed by atoms with Gasteiger partial charge in [-0.15, -0.1) is 0 Å². The fourth-order valence-corrected chi connectivity index (χ4v) is 3.47. The van der Waals surface area contributed by atoms with Crippen LogP contribution < -0.4 is 0 Å². The van der Waals surface area contributed by atoms with Gasteiger partial charge in [0, 0.05) is 12.4 Å². The number of hydrogen-bond acceptors (Lipinski definition) is 4. The van der Waals surface area contributed by atoms with Gasteiger partial charge in [0.05, 0.1) is 12.3 Å². The standard InChI is InChI=1S/C10H16N2O4S/c1-8(2)9(10(13)14)17(15,16)7-6-12-5-3-4-11-12/h3-5,8-9H,6-7H2,1-2H3,(H,13,14). The fraction of sp³-hybridized carbons (Fsp3) is 0.600. The summed E-state index contributed by atoms with van der Waals surface area (Å²) in [5.74, 6) is -1.96. The van der Waals surface area contributed by atoms with E-state index in [4.69, 9.17) is 5.11 Å². The van der Waals surface area contributed by atoms with Crippen molar-refractivity contribution in [1.29, 1.82) is 0 Å². The average molecular weight is 260 g/mol. The van der Waals surface area contributed by atoms with Crippen LogP contribution in [0.4, 0.5) is 0 Å². The lowest BCUT2D eigenvalue weighted by Gasteiger charge is -2.16. The molecule has 0 aliphatic rings. The van der Waals surface area contributed by atoms with Crippen LogP contribution in [0.1, 0.15) is 13.8 Å². The zero-order chi connectivity index (χ0) is 13.1. The van der Waals surface area contributed by atoms with Gasteiger partial charge in [-0.3, -0.25) is 9.48 Å². The molecule has 0 radical (unpaired) electrons. The summed E-state index contributed by atoms with van der Waals surface area (Å²) >= 11 is 0. The van der Waals surface area contributed by atoms with Gasteiger partial charge in [0.1, 0.15) is 0 Å². The molecule has 1 N–H and O–H groups in total. The van der Waals surface area contributed by atoms with Crippen LogP contribution in [0.5, 0.6) is 0 Å². The second-order valence-corrected chi connectivity index (χ2v) is 6.38. The lowest BCUT2D eigenvalue weighted by molar-refractivity contribution is -0.137. The molecule has 1 heterocycles. The van der Waals surface area contributed by atoms with Crippen molar-refractivity contribution in [3.05, 3.63) is 18.5 Å². The first-order chi connectivity index (χ1) is 7.84. The van der Waals surface area contributed by atoms with E-state index in [1.54, 1.807) is 32.3 Å². The van der Waals surface area contributed by atoms with Crippen LogP contribution in [0.15, 0.2) is 18.5 Å². The van der Waals surface area contributed by atoms with Gasteiger partial charge in [-0.25, -0.2) is 8.42 Å². The van der Waals surface area contributed by atoms with E-state index >= 15 is 0 Å². The Bertz CT molecular complexity index is 465. The highest BCUT2D eigenvalue weighted by Crippen LogP contribution is 2.14. The molecular weight excluding hydrogens is 244 g/mol. The monoisotopic (exact) mass is 260 g/mol. The highest BCUT2D eigenvalue weighted by atomic mass is 32.2. The number of carboxylic acids is 1. The summed E-state index contributed by atoms with van der Waals surface area (Å²) in [6.45, 7) is 3.35. The number of aliphatic carboxylic acids is 1. The van der Waals surface area contributed by atoms with E-state index in [9.17, 15) is 13.2 Å². The molecule has 1 aromatic rings. The number of sulfone groups is 1. The average Bonchev–Trinajstić information content (AvgIpc) is 2.64. The van der Waals surface area contributed by atoms with E-state index in [1.807, 2.05) is 0 Å². The van der Waals surface area contributed by atoms with Gasteiger partial charge in [-0.05, 0) is 12.0 Å². The van der Waals surface area contributed by atoms with Crippen LogP contribution in [0.25, 0.3) is 0 Å². The molecule has 0 spiro atoms. The van der Waals surface area contributed by atoms with Crippen molar-refractivity contribution in [2.24, 2.45) is 5.92 Å². The fourth-order valence-electron chi connectivity index (χ4n) is 1.63. The molecule has 17 heavy (non-hydrogen) atoms. The molecule has 0 saturated carbocycles. The van der Waals surface area contributed by atoms with Crippen LogP contribution >= 0.6 is 0 Å². The Morgan fingerprint density at radius 1 is 1.47 bits per heavy atom. The van der Waals surface area contributed by atoms with Crippen LogP contribution in [0, 0.1) is 5.92 Å². The van der Waals surface area contributed by atoms with Gasteiger partial charge in [0.25, 0.3) is 0 Å². The minimum Gasteiger partial charge on any atom is -0.480 e. The molecule has 0 aliphatic carbocycles. The van der Waals surface area contributed by atoms with Crippen molar-refractivity contribution in [2.75, 3.05) is 5.75 Å². The van der Waals surface area contributed by atoms with E-state index in [1.165, 1.54) is 4.68 Å². The molecule has 1 rings (SSSR count). The number of hydrogen-bond donors (Lipinski definition) is 1. The topological polar surface area (TPSA) is 89.3 Å². The Balaban J connectivity index is 2.76. The molecule has 96 valence electrons. The van der Waals surface area contributed by atoms with Gasteiger partial charge in [-0.2, -0.15) is 5.10 Å². The second kappa shape index (κ2) is 5.31. The lowest BCUT2D eigenvalue weighted by atomic mass is 10.1. The van der Waals surface area contributed by atoms with Crippen molar-refractivity contribution < 1.29 is 18.3 Å². The van der Waals surface area contributed by atoms with Gasteiger partial charge in [-0.1, -0.05) is 13.8 Å². The molecule has 6 nitrogen and oxygen atoms in total. The Morgan fingerprint density at radius 3 is 2.53 bits per heavy atom. The lowest BCUT2D eigenvalue weighted by Crippen LogP contribution is -2.37.